The molecule has 3 aromatic heterocycles. The molecule has 0 aliphatic carbocycles. The van der Waals surface area contributed by atoms with E-state index in [-0.39, 0.29) is 0 Å². The van der Waals surface area contributed by atoms with Crippen molar-refractivity contribution in [3.63, 3.8) is 0 Å². The Kier molecular flexibility index (Phi) is 12.6. The van der Waals surface area contributed by atoms with Crippen molar-refractivity contribution in [3.05, 3.63) is 91.5 Å². The molecule has 18 heteroatoms. The third-order valence-corrected chi connectivity index (χ3v) is 3.88. The first-order chi connectivity index (χ1) is 17.9. The second-order valence-electron chi connectivity index (χ2n) is 7.01. The quantitative estimate of drug-likeness (QED) is 0.139. The summed E-state index contributed by atoms with van der Waals surface area (Å²) in [6, 6.07) is 22.5. The monoisotopic (exact) mass is 574 g/mol. The van der Waals surface area contributed by atoms with Crippen molar-refractivity contribution in [2.24, 2.45) is 0 Å². The van der Waals surface area contributed by atoms with Gasteiger partial charge in [0.25, 0.3) is 0 Å². The summed E-state index contributed by atoms with van der Waals surface area (Å²) in [4.78, 5) is 6.22. The molecular formula is C21H17B3F12N2O. The Balaban J connectivity index is 0.000000420. The average Bonchev–Trinajstić information content (AvgIpc) is 2.82. The lowest BCUT2D eigenvalue weighted by Crippen LogP contribution is -2.02. The summed E-state index contributed by atoms with van der Waals surface area (Å²) in [7, 11) is -18.0. The van der Waals surface area contributed by atoms with Crippen molar-refractivity contribution in [1.82, 2.24) is 0 Å². The van der Waals surface area contributed by atoms with Crippen molar-refractivity contribution in [1.29, 1.82) is 0 Å². The minimum absolute atomic E-state index is 0.826. The van der Waals surface area contributed by atoms with Crippen LogP contribution in [-0.2, 0) is 0 Å². The van der Waals surface area contributed by atoms with E-state index in [1.165, 1.54) is 0 Å². The van der Waals surface area contributed by atoms with Crippen LogP contribution in [0.1, 0.15) is 0 Å². The van der Waals surface area contributed by atoms with Crippen LogP contribution < -0.4 is 9.97 Å². The van der Waals surface area contributed by atoms with Gasteiger partial charge in [-0.15, -0.1) is 0 Å². The van der Waals surface area contributed by atoms with Crippen molar-refractivity contribution >= 4 is 21.8 Å². The Hall–Kier alpha value is -3.98. The van der Waals surface area contributed by atoms with Crippen LogP contribution >= 0.6 is 0 Å². The van der Waals surface area contributed by atoms with Gasteiger partial charge in [-0.3, -0.25) is 0 Å². The van der Waals surface area contributed by atoms with E-state index >= 15 is 0 Å². The molecule has 0 saturated carbocycles. The van der Waals surface area contributed by atoms with E-state index < -0.39 is 21.8 Å². The molecule has 39 heavy (non-hydrogen) atoms. The predicted molar refractivity (Wildman–Crippen MR) is 123 cm³/mol. The fraction of sp³-hybridized carbons (Fsp3) is 0. The predicted octanol–water partition coefficient (Wildman–Crippen LogP) is 8.09. The lowest BCUT2D eigenvalue weighted by molar-refractivity contribution is -0.377. The molecule has 0 bridgehead atoms. The van der Waals surface area contributed by atoms with Gasteiger partial charge in [-0.2, -0.15) is 0 Å². The molecule has 2 N–H and O–H groups in total. The number of hydrogen-bond donors (Lipinski definition) is 0. The first-order valence-electron chi connectivity index (χ1n) is 10.5. The van der Waals surface area contributed by atoms with Gasteiger partial charge < -0.3 is 51.8 Å². The van der Waals surface area contributed by atoms with Crippen molar-refractivity contribution in [2.75, 3.05) is 0 Å². The van der Waals surface area contributed by atoms with Gasteiger partial charge in [0.2, 0.25) is 0 Å². The number of nitrogens with one attached hydrogen (secondary N) is 2. The van der Waals surface area contributed by atoms with Gasteiger partial charge in [-0.1, -0.05) is 30.3 Å². The maximum Gasteiger partial charge on any atom is 0.673 e. The lowest BCUT2D eigenvalue weighted by Gasteiger charge is -2.00. The molecular weight excluding hydrogens is 557 g/mol. The van der Waals surface area contributed by atoms with Crippen LogP contribution in [0.4, 0.5) is 51.8 Å². The number of hydrogen-bond acceptors (Lipinski definition) is 0. The van der Waals surface area contributed by atoms with Gasteiger partial charge >= 0.3 is 33.3 Å². The van der Waals surface area contributed by atoms with Crippen LogP contribution in [0.25, 0.3) is 33.8 Å². The van der Waals surface area contributed by atoms with Crippen LogP contribution in [0.5, 0.6) is 0 Å². The summed E-state index contributed by atoms with van der Waals surface area (Å²) in [5, 5.41) is 0. The molecule has 0 saturated heterocycles. The molecule has 4 rings (SSSR count). The molecule has 0 unspecified atom stereocenters. The highest BCUT2D eigenvalue weighted by Crippen LogP contribution is 2.31. The maximum absolute atomic E-state index is 9.75. The third-order valence-electron chi connectivity index (χ3n) is 3.88. The van der Waals surface area contributed by atoms with Gasteiger partial charge in [-0.05, 0) is 17.7 Å². The largest absolute Gasteiger partial charge is 0.673 e. The Morgan fingerprint density at radius 3 is 1.08 bits per heavy atom. The molecule has 0 radical (unpaired) electrons. The van der Waals surface area contributed by atoms with Gasteiger partial charge in [-0.25, -0.2) is 14.4 Å². The number of aromatic nitrogens is 2. The normalized spacial score (nSPS) is 11.1. The van der Waals surface area contributed by atoms with Crippen molar-refractivity contribution in [3.8, 4) is 33.8 Å². The zero-order chi connectivity index (χ0) is 29.7. The standard InChI is InChI=1S/C21H15N2O.3BF4/c1-2-6-16(7-3-1)19-12-20(17-8-4-10-22-14-17)24-21(13-19)18-9-5-11-23-15-18;3*2-1(3,4)5/h1-15H;;;/q+1;3*-1/p+2. The van der Waals surface area contributed by atoms with E-state index in [1.807, 2.05) is 67.3 Å². The summed E-state index contributed by atoms with van der Waals surface area (Å²) < 4.78 is 123. The van der Waals surface area contributed by atoms with E-state index in [4.69, 9.17) is 4.42 Å². The number of rotatable bonds is 3. The zero-order valence-corrected chi connectivity index (χ0v) is 19.3. The van der Waals surface area contributed by atoms with E-state index in [2.05, 4.69) is 34.2 Å². The number of benzene rings is 1. The van der Waals surface area contributed by atoms with Crippen molar-refractivity contribution < 1.29 is 66.2 Å². The summed E-state index contributed by atoms with van der Waals surface area (Å²) in [6.07, 6.45) is 7.65. The summed E-state index contributed by atoms with van der Waals surface area (Å²) in [6.45, 7) is 0. The van der Waals surface area contributed by atoms with Gasteiger partial charge in [0.05, 0.1) is 12.1 Å². The Morgan fingerprint density at radius 1 is 0.436 bits per heavy atom. The molecule has 0 fully saturated rings. The minimum Gasteiger partial charge on any atom is -0.418 e. The third kappa shape index (κ3) is 18.0. The number of halogens is 12. The smallest absolute Gasteiger partial charge is 0.418 e. The molecule has 0 aliphatic heterocycles. The van der Waals surface area contributed by atoms with Crippen LogP contribution in [0.15, 0.2) is 95.9 Å². The molecule has 210 valence electrons. The highest BCUT2D eigenvalue weighted by Gasteiger charge is 2.23. The van der Waals surface area contributed by atoms with E-state index in [1.54, 1.807) is 0 Å². The molecule has 3 nitrogen and oxygen atoms in total. The number of H-pyrrole nitrogens is 2. The number of pyridine rings is 2. The Bertz CT molecular complexity index is 1060. The van der Waals surface area contributed by atoms with Crippen LogP contribution in [0.2, 0.25) is 0 Å². The Morgan fingerprint density at radius 2 is 0.769 bits per heavy atom. The second kappa shape index (κ2) is 14.8. The summed E-state index contributed by atoms with van der Waals surface area (Å²) in [5.74, 6) is 1.65. The molecule has 4 aromatic rings. The van der Waals surface area contributed by atoms with Gasteiger partial charge in [0.1, 0.15) is 11.1 Å². The first kappa shape index (κ1) is 33.1. The lowest BCUT2D eigenvalue weighted by atomic mass is 10.0. The van der Waals surface area contributed by atoms with E-state index in [0.717, 1.165) is 33.8 Å². The Labute approximate surface area is 213 Å². The second-order valence-corrected chi connectivity index (χ2v) is 7.01. The summed E-state index contributed by atoms with van der Waals surface area (Å²) >= 11 is 0. The molecule has 1 aromatic carbocycles. The average molecular weight is 574 g/mol. The molecule has 0 amide bonds. The zero-order valence-electron chi connectivity index (χ0n) is 19.3. The molecule has 0 atom stereocenters. The highest BCUT2D eigenvalue weighted by atomic mass is 19.5. The SMILES string of the molecule is F[B-](F)(F)F.F[B-](F)(F)F.F[B-](F)(F)F.c1ccc(-c2cc(-c3ccc[nH+]c3)[o+]c(-c3ccc[nH+]c3)c2)cc1. The topological polar surface area (TPSA) is 39.6 Å². The fourth-order valence-electron chi connectivity index (χ4n) is 2.68. The maximum atomic E-state index is 9.75. The number of aromatic amines is 2. The van der Waals surface area contributed by atoms with Crippen LogP contribution in [0.3, 0.4) is 0 Å². The summed E-state index contributed by atoms with van der Waals surface area (Å²) in [5.41, 5.74) is 4.31. The molecule has 0 spiro atoms. The van der Waals surface area contributed by atoms with Gasteiger partial charge in [0.15, 0.2) is 24.8 Å². The fourth-order valence-corrected chi connectivity index (χ4v) is 2.68. The molecule has 3 heterocycles. The van der Waals surface area contributed by atoms with E-state index in [9.17, 15) is 51.8 Å². The first-order valence-corrected chi connectivity index (χ1v) is 10.5. The van der Waals surface area contributed by atoms with Crippen LogP contribution in [-0.4, -0.2) is 21.8 Å². The van der Waals surface area contributed by atoms with Gasteiger partial charge in [0, 0.05) is 17.7 Å². The minimum atomic E-state index is -6.00. The van der Waals surface area contributed by atoms with E-state index in [0.29, 0.717) is 0 Å². The van der Waals surface area contributed by atoms with Crippen LogP contribution in [0, 0.1) is 0 Å². The highest BCUT2D eigenvalue weighted by molar-refractivity contribution is 6.50. The van der Waals surface area contributed by atoms with Crippen molar-refractivity contribution in [2.45, 2.75) is 0 Å². The molecule has 0 aliphatic rings.